The van der Waals surface area contributed by atoms with E-state index in [9.17, 15) is 14.4 Å². The standard InChI is InChI=1S/C47H55N5O12/c1-6-30-16-34-24-48-39-22-43(41(56-3)20-37(39)46(54)51(34)26-30)63-28-32-18-36(62-15-14-61-13-12-60-11-10-59-9-8-45(53)58-5)19-33(50-32)29-64-44-23-40-38(21-42(44)57-4)47(55)52-27-31(7-2)17-35(52)25-49-40/h6-7,18-25,34-35H,8-17,26-29H2,1-5H3. The average molecular weight is 882 g/mol. The van der Waals surface area contributed by atoms with Gasteiger partial charge in [-0.25, -0.2) is 0 Å². The Balaban J connectivity index is 1.03. The van der Waals surface area contributed by atoms with E-state index < -0.39 is 0 Å². The molecule has 17 heteroatoms. The van der Waals surface area contributed by atoms with E-state index in [1.807, 2.05) is 36.1 Å². The first-order valence-corrected chi connectivity index (χ1v) is 21.3. The minimum Gasteiger partial charge on any atom is -0.493 e. The lowest BCUT2D eigenvalue weighted by Gasteiger charge is -2.20. The Morgan fingerprint density at radius 3 is 1.55 bits per heavy atom. The van der Waals surface area contributed by atoms with Crippen molar-refractivity contribution in [2.24, 2.45) is 9.98 Å². The number of benzene rings is 2. The van der Waals surface area contributed by atoms with Gasteiger partial charge in [0.2, 0.25) is 0 Å². The molecule has 340 valence electrons. The van der Waals surface area contributed by atoms with Gasteiger partial charge in [0.1, 0.15) is 25.6 Å². The number of aromatic nitrogens is 1. The summed E-state index contributed by atoms with van der Waals surface area (Å²) in [4.78, 5) is 56.4. The summed E-state index contributed by atoms with van der Waals surface area (Å²) in [5.41, 5.74) is 5.32. The number of pyridine rings is 1. The third kappa shape index (κ3) is 11.1. The van der Waals surface area contributed by atoms with Gasteiger partial charge < -0.3 is 52.4 Å². The smallest absolute Gasteiger partial charge is 0.307 e. The molecule has 2 unspecified atom stereocenters. The molecule has 0 spiro atoms. The van der Waals surface area contributed by atoms with Gasteiger partial charge in [-0.1, -0.05) is 23.3 Å². The topological polar surface area (TPSA) is 178 Å². The van der Waals surface area contributed by atoms with Crippen molar-refractivity contribution in [1.82, 2.24) is 14.8 Å². The summed E-state index contributed by atoms with van der Waals surface area (Å²) in [6.07, 6.45) is 9.43. The predicted octanol–water partition coefficient (Wildman–Crippen LogP) is 6.00. The molecule has 5 heterocycles. The van der Waals surface area contributed by atoms with Crippen LogP contribution in [0.1, 0.15) is 65.2 Å². The molecule has 2 saturated heterocycles. The molecule has 1 aromatic heterocycles. The van der Waals surface area contributed by atoms with Crippen molar-refractivity contribution in [1.29, 1.82) is 0 Å². The summed E-state index contributed by atoms with van der Waals surface area (Å²) in [6, 6.07) is 10.1. The van der Waals surface area contributed by atoms with Gasteiger partial charge >= 0.3 is 5.97 Å². The molecule has 17 nitrogen and oxygen atoms in total. The van der Waals surface area contributed by atoms with E-state index in [-0.39, 0.29) is 62.7 Å². The second kappa shape index (κ2) is 21.9. The molecule has 3 aromatic rings. The maximum absolute atomic E-state index is 13.6. The summed E-state index contributed by atoms with van der Waals surface area (Å²) in [5, 5.41) is 0. The number of hydrogen-bond acceptors (Lipinski definition) is 15. The largest absolute Gasteiger partial charge is 0.493 e. The predicted molar refractivity (Wildman–Crippen MR) is 236 cm³/mol. The molecule has 2 amide bonds. The van der Waals surface area contributed by atoms with E-state index in [1.54, 1.807) is 36.4 Å². The van der Waals surface area contributed by atoms with Crippen LogP contribution in [0.25, 0.3) is 0 Å². The van der Waals surface area contributed by atoms with Gasteiger partial charge in [0.05, 0.1) is 113 Å². The van der Waals surface area contributed by atoms with Gasteiger partial charge in [-0.05, 0) is 38.8 Å². The van der Waals surface area contributed by atoms with Crippen LogP contribution in [0.15, 0.2) is 69.7 Å². The van der Waals surface area contributed by atoms with Gasteiger partial charge in [-0.2, -0.15) is 0 Å². The molecule has 2 aromatic carbocycles. The van der Waals surface area contributed by atoms with Crippen LogP contribution in [0.3, 0.4) is 0 Å². The molecular weight excluding hydrogens is 827 g/mol. The third-order valence-corrected chi connectivity index (χ3v) is 11.2. The zero-order valence-corrected chi connectivity index (χ0v) is 37.0. The molecule has 0 N–H and O–H groups in total. The second-order valence-electron chi connectivity index (χ2n) is 15.3. The number of amides is 2. The molecule has 7 rings (SSSR count). The lowest BCUT2D eigenvalue weighted by Crippen LogP contribution is -2.35. The van der Waals surface area contributed by atoms with Gasteiger partial charge in [0, 0.05) is 49.8 Å². The highest BCUT2D eigenvalue weighted by atomic mass is 16.6. The van der Waals surface area contributed by atoms with Gasteiger partial charge in [-0.3, -0.25) is 29.4 Å². The lowest BCUT2D eigenvalue weighted by atomic mass is 10.1. The van der Waals surface area contributed by atoms with Crippen LogP contribution >= 0.6 is 0 Å². The van der Waals surface area contributed by atoms with Crippen LogP contribution in [0.4, 0.5) is 11.4 Å². The van der Waals surface area contributed by atoms with Crippen LogP contribution in [0.2, 0.25) is 0 Å². The number of aliphatic imine (C=N–C) groups is 2. The number of methoxy groups -OCH3 is 3. The first-order chi connectivity index (χ1) is 31.2. The molecule has 2 fully saturated rings. The minimum absolute atomic E-state index is 0.0161. The summed E-state index contributed by atoms with van der Waals surface area (Å²) in [5.74, 6) is 1.51. The SMILES string of the molecule is CC=C1CC2C=Nc3cc(OCc4cc(OCCOCCOCCOCCC(=O)OC)cc(COc5cc6c(cc5OC)C(=O)N5CC(=CC)CC5C=N6)n4)c(OC)cc3C(=O)N2C1. The van der Waals surface area contributed by atoms with E-state index in [4.69, 9.17) is 52.9 Å². The van der Waals surface area contributed by atoms with Crippen LogP contribution < -0.4 is 23.7 Å². The fourth-order valence-corrected chi connectivity index (χ4v) is 7.70. The Morgan fingerprint density at radius 2 is 1.09 bits per heavy atom. The minimum atomic E-state index is -0.321. The zero-order valence-electron chi connectivity index (χ0n) is 37.0. The highest BCUT2D eigenvalue weighted by molar-refractivity contribution is 6.04. The van der Waals surface area contributed by atoms with Crippen molar-refractivity contribution in [3.8, 4) is 28.7 Å². The highest BCUT2D eigenvalue weighted by Gasteiger charge is 2.36. The van der Waals surface area contributed by atoms with Crippen molar-refractivity contribution in [3.05, 3.63) is 82.2 Å². The van der Waals surface area contributed by atoms with Crippen LogP contribution in [-0.2, 0) is 37.0 Å². The molecule has 0 radical (unpaired) electrons. The number of rotatable bonds is 21. The monoisotopic (exact) mass is 881 g/mol. The highest BCUT2D eigenvalue weighted by Crippen LogP contribution is 2.41. The maximum Gasteiger partial charge on any atom is 0.307 e. The summed E-state index contributed by atoms with van der Waals surface area (Å²) in [6.45, 7) is 7.35. The van der Waals surface area contributed by atoms with E-state index in [1.165, 1.54) is 32.5 Å². The van der Waals surface area contributed by atoms with Crippen molar-refractivity contribution in [2.45, 2.75) is 58.4 Å². The number of esters is 1. The molecule has 0 aliphatic carbocycles. The van der Waals surface area contributed by atoms with Crippen molar-refractivity contribution in [2.75, 3.05) is 80.7 Å². The van der Waals surface area contributed by atoms with Crippen LogP contribution in [0.5, 0.6) is 28.7 Å². The normalized spacial score (nSPS) is 18.6. The van der Waals surface area contributed by atoms with E-state index in [2.05, 4.69) is 16.9 Å². The Kier molecular flexibility index (Phi) is 15.6. The van der Waals surface area contributed by atoms with Crippen LogP contribution in [-0.4, -0.2) is 138 Å². The summed E-state index contributed by atoms with van der Waals surface area (Å²) in [7, 11) is 4.39. The number of fused-ring (bicyclic) bond motifs is 4. The fraction of sp³-hybridized carbons (Fsp3) is 0.447. The number of carbonyl (C=O) groups excluding carboxylic acids is 3. The van der Waals surface area contributed by atoms with E-state index >= 15 is 0 Å². The molecule has 0 saturated carbocycles. The Bertz CT molecular complexity index is 2170. The van der Waals surface area contributed by atoms with Crippen LogP contribution in [0, 0.1) is 0 Å². The first kappa shape index (κ1) is 45.7. The molecular formula is C47H55N5O12. The fourth-order valence-electron chi connectivity index (χ4n) is 7.70. The Hall–Kier alpha value is -6.30. The van der Waals surface area contributed by atoms with Gasteiger partial charge in [-0.15, -0.1) is 0 Å². The van der Waals surface area contributed by atoms with Crippen molar-refractivity contribution >= 4 is 41.6 Å². The van der Waals surface area contributed by atoms with E-state index in [0.717, 1.165) is 12.8 Å². The Morgan fingerprint density at radius 1 is 0.625 bits per heavy atom. The molecule has 2 atom stereocenters. The number of carbonyl (C=O) groups is 3. The second-order valence-corrected chi connectivity index (χ2v) is 15.3. The number of allylic oxidation sites excluding steroid dienone is 2. The van der Waals surface area contributed by atoms with Crippen molar-refractivity contribution < 1.29 is 57.0 Å². The zero-order chi connectivity index (χ0) is 45.0. The number of nitrogens with zero attached hydrogens (tertiary/aromatic N) is 5. The van der Waals surface area contributed by atoms with Crippen molar-refractivity contribution in [3.63, 3.8) is 0 Å². The average Bonchev–Trinajstić information content (AvgIpc) is 3.89. The lowest BCUT2D eigenvalue weighted by molar-refractivity contribution is -0.141. The van der Waals surface area contributed by atoms with E-state index in [0.29, 0.717) is 109 Å². The molecule has 4 aliphatic heterocycles. The Labute approximate surface area is 372 Å². The van der Waals surface area contributed by atoms with Gasteiger partial charge in [0.15, 0.2) is 23.0 Å². The maximum atomic E-state index is 13.6. The quantitative estimate of drug-likeness (QED) is 0.0692. The number of hydrogen-bond donors (Lipinski definition) is 0. The summed E-state index contributed by atoms with van der Waals surface area (Å²) >= 11 is 0. The third-order valence-electron chi connectivity index (χ3n) is 11.2. The van der Waals surface area contributed by atoms with Gasteiger partial charge in [0.25, 0.3) is 11.8 Å². The molecule has 64 heavy (non-hydrogen) atoms. The molecule has 0 bridgehead atoms. The summed E-state index contributed by atoms with van der Waals surface area (Å²) < 4.78 is 51.4. The molecule has 4 aliphatic rings. The first-order valence-electron chi connectivity index (χ1n) is 21.3. The number of ether oxygens (including phenoxy) is 9.